The van der Waals surface area contributed by atoms with Crippen LogP contribution >= 0.6 is 7.82 Å². The predicted octanol–water partition coefficient (Wildman–Crippen LogP) is 5.09. The van der Waals surface area contributed by atoms with Crippen molar-refractivity contribution >= 4 is 42.2 Å². The number of nitrogens with one attached hydrogen (secondary N) is 3. The molecule has 2 aromatic rings. The molecule has 0 aliphatic carbocycles. The number of allylic oxidation sites excluding steroid dienone is 2. The Labute approximate surface area is 273 Å². The van der Waals surface area contributed by atoms with E-state index in [-0.39, 0.29) is 54.7 Å². The van der Waals surface area contributed by atoms with E-state index < -0.39 is 31.4 Å². The molecule has 47 heavy (non-hydrogen) atoms. The molecule has 1 aliphatic heterocycles. The lowest BCUT2D eigenvalue weighted by Crippen LogP contribution is -2.40. The van der Waals surface area contributed by atoms with Crippen molar-refractivity contribution in [2.45, 2.75) is 51.7 Å². The molecule has 1 fully saturated rings. The number of anilines is 1. The SMILES string of the molecule is C=C/C(=C\N=C(/N)C(C)(C)OP(=O)(OCCC#N)OCCOCCOC)c1cc2nc(NC(=O)NCC)[nH]c2c([C@H]2CCCO2)c1F. The summed E-state index contributed by atoms with van der Waals surface area (Å²) in [6.45, 7) is 9.90. The van der Waals surface area contributed by atoms with E-state index in [1.165, 1.54) is 39.3 Å². The zero-order chi connectivity index (χ0) is 34.5. The number of ether oxygens (including phenoxy) is 3. The number of nitrogens with two attached hydrogens (primary N) is 1. The van der Waals surface area contributed by atoms with E-state index in [4.69, 9.17) is 38.8 Å². The molecule has 0 radical (unpaired) electrons. The molecule has 1 unspecified atom stereocenters. The Morgan fingerprint density at radius 2 is 2.09 bits per heavy atom. The molecule has 1 aliphatic rings. The third-order valence-corrected chi connectivity index (χ3v) is 8.46. The highest BCUT2D eigenvalue weighted by molar-refractivity contribution is 7.48. The molecule has 0 saturated carbocycles. The number of halogens is 1. The Kier molecular flexibility index (Phi) is 14.5. The third-order valence-electron chi connectivity index (χ3n) is 6.78. The van der Waals surface area contributed by atoms with Gasteiger partial charge >= 0.3 is 13.9 Å². The molecule has 5 N–H and O–H groups in total. The van der Waals surface area contributed by atoms with Crippen LogP contribution in [-0.2, 0) is 32.3 Å². The Morgan fingerprint density at radius 3 is 2.74 bits per heavy atom. The average molecular weight is 680 g/mol. The van der Waals surface area contributed by atoms with Crippen LogP contribution in [0.2, 0.25) is 0 Å². The minimum Gasteiger partial charge on any atom is -0.385 e. The second-order valence-electron chi connectivity index (χ2n) is 10.6. The smallest absolute Gasteiger partial charge is 0.385 e. The summed E-state index contributed by atoms with van der Waals surface area (Å²) in [5.74, 6) is -0.586. The fourth-order valence-corrected chi connectivity index (χ4v) is 5.88. The van der Waals surface area contributed by atoms with E-state index in [0.717, 1.165) is 6.42 Å². The first-order valence-corrected chi connectivity index (χ1v) is 16.5. The van der Waals surface area contributed by atoms with Gasteiger partial charge in [0.25, 0.3) is 0 Å². The fourth-order valence-electron chi connectivity index (χ4n) is 4.44. The van der Waals surface area contributed by atoms with Gasteiger partial charge in [0.1, 0.15) is 17.3 Å². The van der Waals surface area contributed by atoms with Crippen LogP contribution in [0, 0.1) is 17.1 Å². The number of aliphatic imine (C=N–C) groups is 1. The van der Waals surface area contributed by atoms with Gasteiger partial charge in [-0.05, 0) is 39.7 Å². The lowest BCUT2D eigenvalue weighted by atomic mass is 9.97. The standard InChI is InChI=1S/C30H43FN7O8P/c1-6-20(19-35-27(33)30(3,4)46-47(40,44-13-9-11-32)45-17-16-42-15-14-41-5)21-18-22-26(24(25(21)31)23-10-8-12-43-23)37-28(36-22)38-29(39)34-7-2/h6,18-19,23H,1,7-10,12-17H2,2-5H3,(H2,33,35)(H3,34,36,37,38,39)/b20-19+/t23-,47?/m1/s1. The van der Waals surface area contributed by atoms with E-state index in [2.05, 4.69) is 32.2 Å². The molecule has 1 saturated heterocycles. The van der Waals surface area contributed by atoms with Gasteiger partial charge < -0.3 is 30.2 Å². The monoisotopic (exact) mass is 679 g/mol. The van der Waals surface area contributed by atoms with Crippen molar-refractivity contribution in [1.29, 1.82) is 5.26 Å². The molecule has 1 aromatic heterocycles. The number of phosphoric ester groups is 1. The van der Waals surface area contributed by atoms with Gasteiger partial charge in [0.15, 0.2) is 0 Å². The van der Waals surface area contributed by atoms with Gasteiger partial charge in [-0.2, -0.15) is 5.26 Å². The van der Waals surface area contributed by atoms with E-state index in [1.807, 2.05) is 6.07 Å². The number of imidazole rings is 1. The molecule has 15 nitrogen and oxygen atoms in total. The topological polar surface area (TPSA) is 204 Å². The van der Waals surface area contributed by atoms with E-state index in [1.54, 1.807) is 6.92 Å². The number of carbonyl (C=O) groups is 1. The van der Waals surface area contributed by atoms with E-state index in [0.29, 0.717) is 43.8 Å². The van der Waals surface area contributed by atoms with Crippen LogP contribution in [0.1, 0.15) is 57.3 Å². The number of aromatic nitrogens is 2. The Bertz CT molecular complexity index is 1530. The van der Waals surface area contributed by atoms with E-state index in [9.17, 15) is 9.36 Å². The number of benzene rings is 1. The largest absolute Gasteiger partial charge is 0.475 e. The first kappa shape index (κ1) is 37.8. The number of nitrogens with zero attached hydrogens (tertiary/aromatic N) is 3. The number of urea groups is 1. The molecular weight excluding hydrogens is 636 g/mol. The van der Waals surface area contributed by atoms with Crippen LogP contribution in [0.4, 0.5) is 15.1 Å². The van der Waals surface area contributed by atoms with Gasteiger partial charge in [0.05, 0.1) is 62.7 Å². The Hall–Kier alpha value is -3.68. The minimum atomic E-state index is -4.24. The van der Waals surface area contributed by atoms with E-state index >= 15 is 4.39 Å². The van der Waals surface area contributed by atoms with Crippen molar-refractivity contribution in [2.24, 2.45) is 10.7 Å². The highest BCUT2D eigenvalue weighted by Gasteiger charge is 2.38. The van der Waals surface area contributed by atoms with Crippen molar-refractivity contribution in [2.75, 3.05) is 58.6 Å². The maximum atomic E-state index is 16.3. The number of hydrogen-bond acceptors (Lipinski definition) is 11. The summed E-state index contributed by atoms with van der Waals surface area (Å²) in [5, 5.41) is 14.1. The van der Waals surface area contributed by atoms with Gasteiger partial charge in [-0.1, -0.05) is 12.7 Å². The van der Waals surface area contributed by atoms with Crippen molar-refractivity contribution in [3.05, 3.63) is 41.9 Å². The molecule has 1 aromatic carbocycles. The second kappa shape index (κ2) is 18.0. The molecule has 0 spiro atoms. The Balaban J connectivity index is 1.92. The first-order valence-electron chi connectivity index (χ1n) is 15.1. The zero-order valence-electron chi connectivity index (χ0n) is 27.1. The summed E-state index contributed by atoms with van der Waals surface area (Å²) < 4.78 is 62.3. The van der Waals surface area contributed by atoms with Gasteiger partial charge in [-0.15, -0.1) is 0 Å². The summed E-state index contributed by atoms with van der Waals surface area (Å²) in [7, 11) is -2.71. The molecule has 2 atom stereocenters. The van der Waals surface area contributed by atoms with Gasteiger partial charge in [0, 0.05) is 43.2 Å². The number of H-pyrrole nitrogens is 1. The molecule has 17 heteroatoms. The quantitative estimate of drug-likeness (QED) is 0.0506. The van der Waals surface area contributed by atoms with Gasteiger partial charge in [-0.25, -0.2) is 23.7 Å². The maximum Gasteiger partial charge on any atom is 0.475 e. The molecular formula is C30H43FN7O8P. The summed E-state index contributed by atoms with van der Waals surface area (Å²) in [6.07, 6.45) is 3.45. The van der Waals surface area contributed by atoms with Crippen LogP contribution in [0.25, 0.3) is 16.6 Å². The van der Waals surface area contributed by atoms with Crippen LogP contribution in [0.15, 0.2) is 29.9 Å². The lowest BCUT2D eigenvalue weighted by molar-refractivity contribution is 0.0285. The first-order chi connectivity index (χ1) is 22.5. The molecule has 2 heterocycles. The minimum absolute atomic E-state index is 0.0558. The molecule has 0 bridgehead atoms. The lowest BCUT2D eigenvalue weighted by Gasteiger charge is -2.28. The number of aromatic amines is 1. The van der Waals surface area contributed by atoms with Crippen LogP contribution < -0.4 is 16.4 Å². The van der Waals surface area contributed by atoms with Crippen molar-refractivity contribution in [1.82, 2.24) is 15.3 Å². The third kappa shape index (κ3) is 10.7. The highest BCUT2D eigenvalue weighted by Crippen LogP contribution is 2.52. The normalized spacial score (nSPS) is 17.0. The summed E-state index contributed by atoms with van der Waals surface area (Å²) in [6, 6.07) is 2.93. The second-order valence-corrected chi connectivity index (χ2v) is 12.2. The number of rotatable bonds is 19. The predicted molar refractivity (Wildman–Crippen MR) is 174 cm³/mol. The number of nitriles is 1. The number of amidine groups is 1. The number of amides is 2. The summed E-state index contributed by atoms with van der Waals surface area (Å²) >= 11 is 0. The van der Waals surface area contributed by atoms with Gasteiger partial charge in [-0.3, -0.25) is 18.9 Å². The number of phosphoric acid groups is 1. The fraction of sp³-hybridized carbons (Fsp3) is 0.533. The zero-order valence-corrected chi connectivity index (χ0v) is 28.0. The summed E-state index contributed by atoms with van der Waals surface area (Å²) in [4.78, 5) is 23.8. The van der Waals surface area contributed by atoms with Crippen molar-refractivity contribution in [3.63, 3.8) is 0 Å². The summed E-state index contributed by atoms with van der Waals surface area (Å²) in [5.41, 5.74) is 6.18. The molecule has 258 valence electrons. The number of hydrogen-bond donors (Lipinski definition) is 4. The van der Waals surface area contributed by atoms with Crippen LogP contribution in [-0.4, -0.2) is 80.7 Å². The van der Waals surface area contributed by atoms with Crippen molar-refractivity contribution < 1.29 is 41.5 Å². The van der Waals surface area contributed by atoms with Gasteiger partial charge in [0.2, 0.25) is 5.95 Å². The number of methoxy groups -OCH3 is 1. The molecule has 2 amide bonds. The highest BCUT2D eigenvalue weighted by atomic mass is 31.2. The van der Waals surface area contributed by atoms with Crippen molar-refractivity contribution in [3.8, 4) is 6.07 Å². The number of fused-ring (bicyclic) bond motifs is 1. The average Bonchev–Trinajstić information content (AvgIpc) is 3.69. The number of carbonyl (C=O) groups excluding carboxylic acids is 1. The maximum absolute atomic E-state index is 16.3. The van der Waals surface area contributed by atoms with Crippen LogP contribution in [0.5, 0.6) is 0 Å². The Morgan fingerprint density at radius 1 is 1.34 bits per heavy atom. The van der Waals surface area contributed by atoms with Crippen LogP contribution in [0.3, 0.4) is 0 Å². The molecule has 3 rings (SSSR count).